The van der Waals surface area contributed by atoms with Gasteiger partial charge in [0.25, 0.3) is 0 Å². The summed E-state index contributed by atoms with van der Waals surface area (Å²) in [6, 6.07) is 12.7. The second-order valence-electron chi connectivity index (χ2n) is 8.67. The third-order valence-corrected chi connectivity index (χ3v) is 7.10. The molecule has 1 heterocycles. The molecule has 0 spiro atoms. The van der Waals surface area contributed by atoms with E-state index in [4.69, 9.17) is 0 Å². The van der Waals surface area contributed by atoms with Gasteiger partial charge >= 0.3 is 0 Å². The Balaban J connectivity index is 1.70. The van der Waals surface area contributed by atoms with E-state index in [2.05, 4.69) is 38.1 Å². The van der Waals surface area contributed by atoms with Gasteiger partial charge in [0.15, 0.2) is 5.78 Å². The Hall–Kier alpha value is -1.41. The number of carbonyl (C=O) groups excluding carboxylic acids is 1. The van der Waals surface area contributed by atoms with Gasteiger partial charge in [0.2, 0.25) is 0 Å². The lowest BCUT2D eigenvalue weighted by Gasteiger charge is -2.16. The van der Waals surface area contributed by atoms with Crippen molar-refractivity contribution in [3.05, 3.63) is 57.8 Å². The van der Waals surface area contributed by atoms with E-state index in [-0.39, 0.29) is 5.92 Å². The van der Waals surface area contributed by atoms with Gasteiger partial charge < -0.3 is 0 Å². The Morgan fingerprint density at radius 2 is 1.33 bits per heavy atom. The largest absolute Gasteiger partial charge is 0.293 e. The summed E-state index contributed by atoms with van der Waals surface area (Å²) in [5, 5.41) is 2.01. The van der Waals surface area contributed by atoms with Crippen molar-refractivity contribution in [2.24, 2.45) is 0 Å². The molecule has 0 saturated carbocycles. The highest BCUT2D eigenvalue weighted by Crippen LogP contribution is 2.29. The van der Waals surface area contributed by atoms with E-state index in [1.807, 2.05) is 17.5 Å². The van der Waals surface area contributed by atoms with Gasteiger partial charge in [-0.3, -0.25) is 4.79 Å². The molecule has 1 atom stereocenters. The van der Waals surface area contributed by atoms with Crippen LogP contribution in [0.1, 0.15) is 124 Å². The zero-order chi connectivity index (χ0) is 21.4. The van der Waals surface area contributed by atoms with Crippen LogP contribution in [0.15, 0.2) is 41.8 Å². The topological polar surface area (TPSA) is 17.1 Å². The maximum atomic E-state index is 13.1. The number of rotatable bonds is 17. The van der Waals surface area contributed by atoms with Gasteiger partial charge in [-0.05, 0) is 35.4 Å². The average molecular weight is 427 g/mol. The molecule has 1 unspecified atom stereocenters. The highest BCUT2D eigenvalue weighted by molar-refractivity contribution is 7.12. The first kappa shape index (κ1) is 24.9. The van der Waals surface area contributed by atoms with Crippen LogP contribution in [0.3, 0.4) is 0 Å². The zero-order valence-electron chi connectivity index (χ0n) is 19.3. The molecule has 2 heteroatoms. The molecular weight excluding hydrogens is 384 g/mol. The lowest BCUT2D eigenvalue weighted by molar-refractivity contribution is 0.0957. The number of thiophene rings is 1. The Labute approximate surface area is 189 Å². The first-order chi connectivity index (χ1) is 14.8. The molecule has 1 nitrogen and oxygen atoms in total. The fourth-order valence-corrected chi connectivity index (χ4v) is 4.93. The minimum atomic E-state index is 0.0117. The first-order valence-electron chi connectivity index (χ1n) is 12.4. The predicted octanol–water partition coefficient (Wildman–Crippen LogP) is 9.37. The smallest absolute Gasteiger partial charge is 0.180 e. The average Bonchev–Trinajstić information content (AvgIpc) is 3.32. The fraction of sp³-hybridized carbons (Fsp3) is 0.607. The molecule has 0 saturated heterocycles. The van der Waals surface area contributed by atoms with Gasteiger partial charge in [-0.2, -0.15) is 0 Å². The van der Waals surface area contributed by atoms with Crippen LogP contribution in [0, 0.1) is 0 Å². The third-order valence-electron chi connectivity index (χ3n) is 6.22. The van der Waals surface area contributed by atoms with Crippen LogP contribution >= 0.6 is 11.3 Å². The van der Waals surface area contributed by atoms with Crippen molar-refractivity contribution in [2.75, 3.05) is 0 Å². The number of benzene rings is 1. The number of ketones is 1. The number of hydrogen-bond donors (Lipinski definition) is 0. The van der Waals surface area contributed by atoms with Gasteiger partial charge in [0.05, 0.1) is 4.88 Å². The zero-order valence-corrected chi connectivity index (χ0v) is 20.2. The number of aryl methyl sites for hydroxylation is 1. The van der Waals surface area contributed by atoms with Crippen LogP contribution in [-0.2, 0) is 6.42 Å². The standard InChI is InChI=1S/C28H42OS/c1-3-5-6-7-8-9-10-11-12-13-14-15-17-26(28(29)27-18-16-23-30-27)25-21-19-24(4-2)20-22-25/h16,18-23,26H,3-15,17H2,1-2H3. The summed E-state index contributed by atoms with van der Waals surface area (Å²) < 4.78 is 0. The summed E-state index contributed by atoms with van der Waals surface area (Å²) in [6.07, 6.45) is 18.3. The minimum Gasteiger partial charge on any atom is -0.293 e. The lowest BCUT2D eigenvalue weighted by atomic mass is 9.88. The second kappa shape index (κ2) is 15.4. The van der Waals surface area contributed by atoms with Crippen LogP contribution in [-0.4, -0.2) is 5.78 Å². The molecule has 1 aromatic carbocycles. The van der Waals surface area contributed by atoms with Crippen LogP contribution < -0.4 is 0 Å². The Kier molecular flexibility index (Phi) is 12.8. The molecule has 30 heavy (non-hydrogen) atoms. The quantitative estimate of drug-likeness (QED) is 0.182. The molecule has 0 N–H and O–H groups in total. The summed E-state index contributed by atoms with van der Waals surface area (Å²) in [4.78, 5) is 14.0. The molecule has 2 rings (SSSR count). The maximum absolute atomic E-state index is 13.1. The van der Waals surface area contributed by atoms with E-state index in [0.29, 0.717) is 5.78 Å². The summed E-state index contributed by atoms with van der Waals surface area (Å²) in [7, 11) is 0. The van der Waals surface area contributed by atoms with E-state index in [1.54, 1.807) is 11.3 Å². The van der Waals surface area contributed by atoms with E-state index < -0.39 is 0 Å². The number of Topliss-reactive ketones (excluding diaryl/α,β-unsaturated/α-hetero) is 1. The van der Waals surface area contributed by atoms with E-state index in [1.165, 1.54) is 81.8 Å². The van der Waals surface area contributed by atoms with Gasteiger partial charge in [-0.25, -0.2) is 0 Å². The van der Waals surface area contributed by atoms with Crippen LogP contribution in [0.2, 0.25) is 0 Å². The monoisotopic (exact) mass is 426 g/mol. The van der Waals surface area contributed by atoms with Gasteiger partial charge in [-0.1, -0.05) is 121 Å². The van der Waals surface area contributed by atoms with Crippen molar-refractivity contribution in [1.29, 1.82) is 0 Å². The Morgan fingerprint density at radius 1 is 0.767 bits per heavy atom. The van der Waals surface area contributed by atoms with Crippen molar-refractivity contribution in [3.8, 4) is 0 Å². The first-order valence-corrected chi connectivity index (χ1v) is 13.3. The summed E-state index contributed by atoms with van der Waals surface area (Å²) >= 11 is 1.57. The molecule has 0 amide bonds. The Bertz CT molecular complexity index is 671. The van der Waals surface area contributed by atoms with Gasteiger partial charge in [-0.15, -0.1) is 11.3 Å². The number of carbonyl (C=O) groups is 1. The molecule has 0 aliphatic rings. The normalized spacial score (nSPS) is 12.2. The molecule has 0 aliphatic heterocycles. The SMILES string of the molecule is CCCCCCCCCCCCCCC(C(=O)c1cccs1)c1ccc(CC)cc1. The van der Waals surface area contributed by atoms with Crippen molar-refractivity contribution < 1.29 is 4.79 Å². The van der Waals surface area contributed by atoms with Crippen LogP contribution in [0.5, 0.6) is 0 Å². The summed E-state index contributed by atoms with van der Waals surface area (Å²) in [5.41, 5.74) is 2.53. The molecule has 1 aromatic heterocycles. The molecule has 0 bridgehead atoms. The number of hydrogen-bond acceptors (Lipinski definition) is 2. The number of unbranched alkanes of at least 4 members (excludes halogenated alkanes) is 11. The lowest BCUT2D eigenvalue weighted by Crippen LogP contribution is -2.12. The van der Waals surface area contributed by atoms with Gasteiger partial charge in [0, 0.05) is 5.92 Å². The van der Waals surface area contributed by atoms with Crippen LogP contribution in [0.4, 0.5) is 0 Å². The van der Waals surface area contributed by atoms with Gasteiger partial charge in [0.1, 0.15) is 0 Å². The van der Waals surface area contributed by atoms with Crippen molar-refractivity contribution in [3.63, 3.8) is 0 Å². The highest BCUT2D eigenvalue weighted by Gasteiger charge is 2.22. The highest BCUT2D eigenvalue weighted by atomic mass is 32.1. The molecule has 2 aromatic rings. The Morgan fingerprint density at radius 3 is 1.83 bits per heavy atom. The minimum absolute atomic E-state index is 0.0117. The van der Waals surface area contributed by atoms with Crippen molar-refractivity contribution in [2.45, 2.75) is 110 Å². The molecule has 166 valence electrons. The summed E-state index contributed by atoms with van der Waals surface area (Å²) in [6.45, 7) is 4.46. The van der Waals surface area contributed by atoms with Crippen LogP contribution in [0.25, 0.3) is 0 Å². The summed E-state index contributed by atoms with van der Waals surface area (Å²) in [5.74, 6) is 0.315. The molecular formula is C28H42OS. The second-order valence-corrected chi connectivity index (χ2v) is 9.61. The van der Waals surface area contributed by atoms with E-state index in [9.17, 15) is 4.79 Å². The van der Waals surface area contributed by atoms with E-state index >= 15 is 0 Å². The predicted molar refractivity (Wildman–Crippen MR) is 133 cm³/mol. The third kappa shape index (κ3) is 9.16. The maximum Gasteiger partial charge on any atom is 0.180 e. The van der Waals surface area contributed by atoms with E-state index in [0.717, 1.165) is 24.1 Å². The van der Waals surface area contributed by atoms with Crippen molar-refractivity contribution in [1.82, 2.24) is 0 Å². The molecule has 0 fully saturated rings. The molecule has 0 aliphatic carbocycles. The fourth-order valence-electron chi connectivity index (χ4n) is 4.21. The molecule has 0 radical (unpaired) electrons. The van der Waals surface area contributed by atoms with Crippen molar-refractivity contribution >= 4 is 17.1 Å².